The van der Waals surface area contributed by atoms with Crippen LogP contribution in [0.3, 0.4) is 0 Å². The number of rotatable bonds is 4. The van der Waals surface area contributed by atoms with E-state index in [1.807, 2.05) is 0 Å². The Bertz CT molecular complexity index is 279. The molecule has 3 heteroatoms. The number of nitrogens with zero attached hydrogens (tertiary/aromatic N) is 1. The summed E-state index contributed by atoms with van der Waals surface area (Å²) in [5, 5.41) is 3.81. The van der Waals surface area contributed by atoms with E-state index in [4.69, 9.17) is 0 Å². The van der Waals surface area contributed by atoms with Gasteiger partial charge in [0.15, 0.2) is 0 Å². The molecule has 2 aliphatic carbocycles. The fraction of sp³-hybridized carbons (Fsp3) is 1.00. The van der Waals surface area contributed by atoms with Crippen LogP contribution >= 0.6 is 11.8 Å². The van der Waals surface area contributed by atoms with Crippen LogP contribution in [0.1, 0.15) is 51.4 Å². The Hall–Kier alpha value is 0.270. The summed E-state index contributed by atoms with van der Waals surface area (Å²) in [6.45, 7) is 5.14. The second kappa shape index (κ2) is 6.36. The average Bonchev–Trinajstić information content (AvgIpc) is 2.44. The van der Waals surface area contributed by atoms with Crippen LogP contribution in [0.2, 0.25) is 0 Å². The molecule has 0 aromatic carbocycles. The van der Waals surface area contributed by atoms with E-state index >= 15 is 0 Å². The van der Waals surface area contributed by atoms with Gasteiger partial charge in [0.2, 0.25) is 0 Å². The van der Waals surface area contributed by atoms with Gasteiger partial charge in [-0.15, -0.1) is 0 Å². The molecule has 3 aliphatic rings. The molecule has 1 saturated heterocycles. The van der Waals surface area contributed by atoms with Crippen molar-refractivity contribution in [2.75, 3.05) is 32.4 Å². The zero-order valence-corrected chi connectivity index (χ0v) is 13.3. The second-order valence-corrected chi connectivity index (χ2v) is 8.21. The van der Waals surface area contributed by atoms with Crippen LogP contribution in [-0.2, 0) is 0 Å². The minimum Gasteiger partial charge on any atom is -0.311 e. The van der Waals surface area contributed by atoms with Crippen molar-refractivity contribution >= 4 is 11.8 Å². The lowest BCUT2D eigenvalue weighted by Crippen LogP contribution is -2.57. The molecule has 1 aliphatic heterocycles. The monoisotopic (exact) mass is 282 g/mol. The van der Waals surface area contributed by atoms with Crippen LogP contribution in [0.4, 0.5) is 0 Å². The maximum Gasteiger partial charge on any atom is 0.0284 e. The number of thioether (sulfide) groups is 1. The fourth-order valence-corrected chi connectivity index (χ4v) is 5.25. The normalized spacial score (nSPS) is 33.0. The average molecular weight is 282 g/mol. The van der Waals surface area contributed by atoms with Gasteiger partial charge in [-0.05, 0) is 37.9 Å². The molecular formula is C16H30N2S. The van der Waals surface area contributed by atoms with Gasteiger partial charge in [-0.3, -0.25) is 4.90 Å². The first-order valence-electron chi connectivity index (χ1n) is 8.32. The molecule has 1 heterocycles. The first-order valence-corrected chi connectivity index (χ1v) is 9.55. The first-order chi connectivity index (χ1) is 9.31. The maximum absolute atomic E-state index is 3.81. The molecule has 0 radical (unpaired) electrons. The lowest BCUT2D eigenvalue weighted by atomic mass is 9.81. The highest BCUT2D eigenvalue weighted by atomic mass is 32.2. The Morgan fingerprint density at radius 1 is 1.16 bits per heavy atom. The first kappa shape index (κ1) is 14.2. The van der Waals surface area contributed by atoms with Crippen molar-refractivity contribution in [3.8, 4) is 0 Å². The van der Waals surface area contributed by atoms with Gasteiger partial charge >= 0.3 is 0 Å². The Balaban J connectivity index is 1.52. The van der Waals surface area contributed by atoms with Crippen molar-refractivity contribution in [3.63, 3.8) is 0 Å². The van der Waals surface area contributed by atoms with Crippen molar-refractivity contribution in [3.05, 3.63) is 0 Å². The van der Waals surface area contributed by atoms with Crippen molar-refractivity contribution in [2.24, 2.45) is 5.92 Å². The molecule has 0 spiro atoms. The Kier molecular flexibility index (Phi) is 4.76. The third-order valence-corrected chi connectivity index (χ3v) is 7.12. The van der Waals surface area contributed by atoms with E-state index in [2.05, 4.69) is 28.2 Å². The molecule has 3 fully saturated rings. The summed E-state index contributed by atoms with van der Waals surface area (Å²) in [4.78, 5) is 2.77. The molecule has 0 aromatic heterocycles. The minimum atomic E-state index is 0.619. The lowest BCUT2D eigenvalue weighted by molar-refractivity contribution is 0.122. The third kappa shape index (κ3) is 3.30. The molecule has 110 valence electrons. The summed E-state index contributed by atoms with van der Waals surface area (Å²) in [7, 11) is 0. The van der Waals surface area contributed by atoms with Gasteiger partial charge < -0.3 is 5.32 Å². The number of hydrogen-bond acceptors (Lipinski definition) is 3. The van der Waals surface area contributed by atoms with Crippen LogP contribution < -0.4 is 5.32 Å². The van der Waals surface area contributed by atoms with E-state index in [-0.39, 0.29) is 0 Å². The number of nitrogens with one attached hydrogen (secondary N) is 1. The van der Waals surface area contributed by atoms with E-state index in [1.165, 1.54) is 77.5 Å². The van der Waals surface area contributed by atoms with Gasteiger partial charge in [0.05, 0.1) is 0 Å². The highest BCUT2D eigenvalue weighted by Crippen LogP contribution is 2.43. The topological polar surface area (TPSA) is 15.3 Å². The summed E-state index contributed by atoms with van der Waals surface area (Å²) in [5.74, 6) is 0.961. The zero-order valence-electron chi connectivity index (χ0n) is 12.5. The van der Waals surface area contributed by atoms with Crippen molar-refractivity contribution in [1.82, 2.24) is 10.2 Å². The molecule has 3 rings (SSSR count). The van der Waals surface area contributed by atoms with Crippen LogP contribution in [-0.4, -0.2) is 48.1 Å². The van der Waals surface area contributed by atoms with Crippen LogP contribution in [0.15, 0.2) is 0 Å². The van der Waals surface area contributed by atoms with Crippen LogP contribution in [0.25, 0.3) is 0 Å². The second-order valence-electron chi connectivity index (χ2n) is 6.93. The summed E-state index contributed by atoms with van der Waals surface area (Å²) < 4.78 is 0.619. The number of piperazine rings is 1. The molecule has 1 unspecified atom stereocenters. The highest BCUT2D eigenvalue weighted by Gasteiger charge is 2.39. The predicted octanol–water partition coefficient (Wildman–Crippen LogP) is 3.13. The van der Waals surface area contributed by atoms with E-state index in [1.54, 1.807) is 0 Å². The van der Waals surface area contributed by atoms with E-state index in [9.17, 15) is 0 Å². The Morgan fingerprint density at radius 2 is 1.95 bits per heavy atom. The zero-order chi connectivity index (χ0) is 13.1. The Labute approximate surface area is 123 Å². The highest BCUT2D eigenvalue weighted by molar-refractivity contribution is 8.00. The number of hydrogen-bond donors (Lipinski definition) is 1. The molecule has 2 saturated carbocycles. The molecule has 0 amide bonds. The maximum atomic E-state index is 3.81. The summed E-state index contributed by atoms with van der Waals surface area (Å²) in [5.41, 5.74) is 0. The van der Waals surface area contributed by atoms with Gasteiger partial charge in [-0.2, -0.15) is 11.8 Å². The van der Waals surface area contributed by atoms with E-state index < -0.39 is 0 Å². The summed E-state index contributed by atoms with van der Waals surface area (Å²) in [6.07, 6.45) is 14.0. The fourth-order valence-electron chi connectivity index (χ4n) is 4.24. The quantitative estimate of drug-likeness (QED) is 0.853. The van der Waals surface area contributed by atoms with Crippen LogP contribution in [0.5, 0.6) is 0 Å². The van der Waals surface area contributed by atoms with Crippen molar-refractivity contribution < 1.29 is 0 Å². The summed E-state index contributed by atoms with van der Waals surface area (Å²) >= 11 is 2.13. The SMILES string of the molecule is CSC1(CN2CCNC(C3CCCCC3)C2)CCC1. The molecular weight excluding hydrogens is 252 g/mol. The smallest absolute Gasteiger partial charge is 0.0284 e. The molecule has 1 atom stereocenters. The van der Waals surface area contributed by atoms with E-state index in [0.29, 0.717) is 4.75 Å². The predicted molar refractivity (Wildman–Crippen MR) is 84.9 cm³/mol. The standard InChI is InChI=1S/C16H30N2S/c1-19-16(8-5-9-16)13-18-11-10-17-15(12-18)14-6-3-2-4-7-14/h14-15,17H,2-13H2,1H3. The Morgan fingerprint density at radius 3 is 2.58 bits per heavy atom. The van der Waals surface area contributed by atoms with Gasteiger partial charge in [0, 0.05) is 37.0 Å². The van der Waals surface area contributed by atoms with Crippen molar-refractivity contribution in [2.45, 2.75) is 62.2 Å². The molecule has 1 N–H and O–H groups in total. The van der Waals surface area contributed by atoms with Crippen molar-refractivity contribution in [1.29, 1.82) is 0 Å². The van der Waals surface area contributed by atoms with Crippen LogP contribution in [0, 0.1) is 5.92 Å². The molecule has 2 nitrogen and oxygen atoms in total. The van der Waals surface area contributed by atoms with E-state index in [0.717, 1.165) is 12.0 Å². The third-order valence-electron chi connectivity index (χ3n) is 5.72. The minimum absolute atomic E-state index is 0.619. The van der Waals surface area contributed by atoms with Gasteiger partial charge in [0.25, 0.3) is 0 Å². The largest absolute Gasteiger partial charge is 0.311 e. The molecule has 0 bridgehead atoms. The van der Waals surface area contributed by atoms with Gasteiger partial charge in [-0.1, -0.05) is 25.7 Å². The molecule has 0 aromatic rings. The van der Waals surface area contributed by atoms with Gasteiger partial charge in [0.1, 0.15) is 0 Å². The lowest BCUT2D eigenvalue weighted by Gasteiger charge is -2.47. The van der Waals surface area contributed by atoms with Gasteiger partial charge in [-0.25, -0.2) is 0 Å². The summed E-state index contributed by atoms with van der Waals surface area (Å²) in [6, 6.07) is 0.785. The molecule has 19 heavy (non-hydrogen) atoms.